The van der Waals surface area contributed by atoms with Crippen LogP contribution in [0.2, 0.25) is 0 Å². The second-order valence-corrected chi connectivity index (χ2v) is 5.77. The lowest BCUT2D eigenvalue weighted by Gasteiger charge is -2.08. The molecule has 4 aromatic rings. The minimum atomic E-state index is 0.897. The van der Waals surface area contributed by atoms with E-state index in [2.05, 4.69) is 39.4 Å². The summed E-state index contributed by atoms with van der Waals surface area (Å²) in [5.74, 6) is 0. The number of para-hydroxylation sites is 2. The lowest BCUT2D eigenvalue weighted by atomic mass is 10.1. The molecule has 0 amide bonds. The normalized spacial score (nSPS) is 11.1. The molecule has 2 nitrogen and oxygen atoms in total. The summed E-state index contributed by atoms with van der Waals surface area (Å²) < 4.78 is 6.95. The average Bonchev–Trinajstić information content (AvgIpc) is 2.87. The lowest BCUT2D eigenvalue weighted by Crippen LogP contribution is -1.90. The molecule has 0 aliphatic heterocycles. The molecule has 0 spiro atoms. The van der Waals surface area contributed by atoms with Gasteiger partial charge in [0.2, 0.25) is 0 Å². The van der Waals surface area contributed by atoms with Crippen molar-refractivity contribution in [2.75, 3.05) is 5.32 Å². The molecule has 1 aromatic heterocycles. The van der Waals surface area contributed by atoms with E-state index in [1.165, 1.54) is 0 Å². The fraction of sp³-hybridized carbons (Fsp3) is 0. The third kappa shape index (κ3) is 2.20. The van der Waals surface area contributed by atoms with E-state index in [9.17, 15) is 0 Å². The summed E-state index contributed by atoms with van der Waals surface area (Å²) in [7, 11) is 0. The van der Waals surface area contributed by atoms with Crippen molar-refractivity contribution in [1.29, 1.82) is 0 Å². The summed E-state index contributed by atoms with van der Waals surface area (Å²) in [5.41, 5.74) is 3.86. The van der Waals surface area contributed by atoms with Gasteiger partial charge < -0.3 is 9.73 Å². The molecule has 3 aromatic carbocycles. The van der Waals surface area contributed by atoms with Crippen LogP contribution in [0.1, 0.15) is 0 Å². The molecule has 0 atom stereocenters. The molecule has 4 rings (SSSR count). The van der Waals surface area contributed by atoms with Crippen molar-refractivity contribution in [1.82, 2.24) is 0 Å². The molecule has 0 fully saturated rings. The van der Waals surface area contributed by atoms with Crippen LogP contribution in [0.4, 0.5) is 11.4 Å². The molecule has 0 aliphatic rings. The Balaban J connectivity index is 1.80. The van der Waals surface area contributed by atoms with Crippen LogP contribution < -0.4 is 5.32 Å². The van der Waals surface area contributed by atoms with Crippen molar-refractivity contribution in [2.45, 2.75) is 0 Å². The van der Waals surface area contributed by atoms with Crippen LogP contribution in [0.25, 0.3) is 21.9 Å². The summed E-state index contributed by atoms with van der Waals surface area (Å²) in [6, 6.07) is 22.4. The first-order chi connectivity index (χ1) is 10.3. The predicted molar refractivity (Wildman–Crippen MR) is 91.1 cm³/mol. The van der Waals surface area contributed by atoms with Gasteiger partial charge in [-0.15, -0.1) is 0 Å². The average molecular weight is 338 g/mol. The fourth-order valence-corrected chi connectivity index (χ4v) is 2.91. The number of hydrogen-bond acceptors (Lipinski definition) is 2. The van der Waals surface area contributed by atoms with E-state index < -0.39 is 0 Å². The molecule has 3 heteroatoms. The summed E-state index contributed by atoms with van der Waals surface area (Å²) in [5, 5.41) is 5.70. The maximum Gasteiger partial charge on any atom is 0.137 e. The van der Waals surface area contributed by atoms with Gasteiger partial charge in [-0.3, -0.25) is 0 Å². The molecule has 102 valence electrons. The topological polar surface area (TPSA) is 25.2 Å². The highest BCUT2D eigenvalue weighted by molar-refractivity contribution is 9.10. The minimum Gasteiger partial charge on any atom is -0.456 e. The monoisotopic (exact) mass is 337 g/mol. The second-order valence-electron chi connectivity index (χ2n) is 4.91. The van der Waals surface area contributed by atoms with Crippen LogP contribution in [0.5, 0.6) is 0 Å². The minimum absolute atomic E-state index is 0.897. The number of halogens is 1. The van der Waals surface area contributed by atoms with Crippen LogP contribution in [0.15, 0.2) is 75.6 Å². The number of rotatable bonds is 2. The Hall–Kier alpha value is -2.26. The number of anilines is 2. The standard InChI is InChI=1S/C18H12BrNO/c19-15-6-2-3-7-16(15)20-12-9-10-14-13-5-1-4-8-17(13)21-18(14)11-12/h1-11,20H. The maximum atomic E-state index is 5.91. The Bertz CT molecular complexity index is 942. The van der Waals surface area contributed by atoms with E-state index in [0.29, 0.717) is 0 Å². The van der Waals surface area contributed by atoms with Crippen molar-refractivity contribution >= 4 is 49.2 Å². The van der Waals surface area contributed by atoms with Crippen LogP contribution in [-0.2, 0) is 0 Å². The van der Waals surface area contributed by atoms with E-state index in [0.717, 1.165) is 37.8 Å². The molecule has 1 N–H and O–H groups in total. The third-order valence-corrected chi connectivity index (χ3v) is 4.22. The SMILES string of the molecule is Brc1ccccc1Nc1ccc2c(c1)oc1ccccc12. The Labute approximate surface area is 130 Å². The van der Waals surface area contributed by atoms with Gasteiger partial charge in [0.05, 0.1) is 5.69 Å². The van der Waals surface area contributed by atoms with Crippen LogP contribution in [-0.4, -0.2) is 0 Å². The summed E-state index contributed by atoms with van der Waals surface area (Å²) >= 11 is 3.55. The zero-order chi connectivity index (χ0) is 14.2. The Morgan fingerprint density at radius 3 is 2.43 bits per heavy atom. The van der Waals surface area contributed by atoms with Crippen molar-refractivity contribution in [2.24, 2.45) is 0 Å². The van der Waals surface area contributed by atoms with Gasteiger partial charge in [0.15, 0.2) is 0 Å². The molecule has 0 saturated heterocycles. The van der Waals surface area contributed by atoms with Gasteiger partial charge in [-0.25, -0.2) is 0 Å². The fourth-order valence-electron chi connectivity index (χ4n) is 2.52. The van der Waals surface area contributed by atoms with Crippen LogP contribution in [0, 0.1) is 0 Å². The van der Waals surface area contributed by atoms with Crippen molar-refractivity contribution in [3.05, 3.63) is 71.2 Å². The first-order valence-electron chi connectivity index (χ1n) is 6.74. The summed E-state index contributed by atoms with van der Waals surface area (Å²) in [6.45, 7) is 0. The van der Waals surface area contributed by atoms with Gasteiger partial charge in [0, 0.05) is 27.0 Å². The molecule has 0 saturated carbocycles. The second kappa shape index (κ2) is 4.93. The first-order valence-corrected chi connectivity index (χ1v) is 7.53. The van der Waals surface area contributed by atoms with E-state index in [4.69, 9.17) is 4.42 Å². The number of hydrogen-bond donors (Lipinski definition) is 1. The lowest BCUT2D eigenvalue weighted by molar-refractivity contribution is 0.669. The van der Waals surface area contributed by atoms with Crippen LogP contribution >= 0.6 is 15.9 Å². The maximum absolute atomic E-state index is 5.91. The van der Waals surface area contributed by atoms with Gasteiger partial charge in [-0.2, -0.15) is 0 Å². The van der Waals surface area contributed by atoms with E-state index in [1.807, 2.05) is 48.5 Å². The van der Waals surface area contributed by atoms with E-state index >= 15 is 0 Å². The van der Waals surface area contributed by atoms with Gasteiger partial charge >= 0.3 is 0 Å². The third-order valence-electron chi connectivity index (χ3n) is 3.53. The number of benzene rings is 3. The zero-order valence-corrected chi connectivity index (χ0v) is 12.7. The summed E-state index contributed by atoms with van der Waals surface area (Å²) in [4.78, 5) is 0. The van der Waals surface area contributed by atoms with Gasteiger partial charge in [0.1, 0.15) is 11.2 Å². The highest BCUT2D eigenvalue weighted by Gasteiger charge is 2.07. The first kappa shape index (κ1) is 12.5. The molecule has 0 unspecified atom stereocenters. The van der Waals surface area contributed by atoms with Crippen LogP contribution in [0.3, 0.4) is 0 Å². The Morgan fingerprint density at radius 2 is 1.52 bits per heavy atom. The van der Waals surface area contributed by atoms with E-state index in [1.54, 1.807) is 0 Å². The quantitative estimate of drug-likeness (QED) is 0.478. The highest BCUT2D eigenvalue weighted by Crippen LogP contribution is 2.32. The molecule has 21 heavy (non-hydrogen) atoms. The Morgan fingerprint density at radius 1 is 0.762 bits per heavy atom. The van der Waals surface area contributed by atoms with Gasteiger partial charge in [-0.1, -0.05) is 30.3 Å². The number of fused-ring (bicyclic) bond motifs is 3. The van der Waals surface area contributed by atoms with Crippen molar-refractivity contribution < 1.29 is 4.42 Å². The molecule has 0 bridgehead atoms. The molecule has 0 radical (unpaired) electrons. The molecule has 1 heterocycles. The largest absolute Gasteiger partial charge is 0.456 e. The van der Waals surface area contributed by atoms with Crippen molar-refractivity contribution in [3.8, 4) is 0 Å². The Kier molecular flexibility index (Phi) is 2.93. The molecule has 0 aliphatic carbocycles. The molecular weight excluding hydrogens is 326 g/mol. The summed E-state index contributed by atoms with van der Waals surface area (Å²) in [6.07, 6.45) is 0. The van der Waals surface area contributed by atoms with Gasteiger partial charge in [-0.05, 0) is 46.3 Å². The zero-order valence-electron chi connectivity index (χ0n) is 11.1. The number of furan rings is 1. The number of nitrogens with one attached hydrogen (secondary N) is 1. The van der Waals surface area contributed by atoms with E-state index in [-0.39, 0.29) is 0 Å². The van der Waals surface area contributed by atoms with Crippen molar-refractivity contribution in [3.63, 3.8) is 0 Å². The molecular formula is C18H12BrNO. The predicted octanol–water partition coefficient (Wildman–Crippen LogP) is 6.09. The smallest absolute Gasteiger partial charge is 0.137 e. The highest BCUT2D eigenvalue weighted by atomic mass is 79.9. The van der Waals surface area contributed by atoms with Gasteiger partial charge in [0.25, 0.3) is 0 Å².